The molecule has 0 aromatic heterocycles. The Hall–Kier alpha value is -0.0400. The molecule has 0 aromatic carbocycles. The van der Waals surface area contributed by atoms with Gasteiger partial charge in [-0.1, -0.05) is 53.9 Å². The maximum absolute atomic E-state index is 3.56. The summed E-state index contributed by atoms with van der Waals surface area (Å²) in [5.74, 6) is 1.98. The summed E-state index contributed by atoms with van der Waals surface area (Å²) in [4.78, 5) is 0. The molecular weight excluding hydrogens is 206 g/mol. The van der Waals surface area contributed by atoms with Crippen LogP contribution in [0.15, 0.2) is 0 Å². The van der Waals surface area contributed by atoms with Gasteiger partial charge in [-0.15, -0.1) is 0 Å². The Balaban J connectivity index is 2.32. The normalized spacial score (nSPS) is 26.5. The zero-order chi connectivity index (χ0) is 12.9. The zero-order valence-electron chi connectivity index (χ0n) is 12.7. The van der Waals surface area contributed by atoms with Crippen LogP contribution in [-0.2, 0) is 0 Å². The Morgan fingerprint density at radius 1 is 1.12 bits per heavy atom. The van der Waals surface area contributed by atoms with Gasteiger partial charge in [0, 0.05) is 6.04 Å². The van der Waals surface area contributed by atoms with Gasteiger partial charge >= 0.3 is 0 Å². The van der Waals surface area contributed by atoms with Gasteiger partial charge in [-0.2, -0.15) is 0 Å². The largest absolute Gasteiger partial charge is 0.315 e. The molecule has 0 spiro atoms. The molecule has 1 nitrogen and oxygen atoms in total. The predicted molar refractivity (Wildman–Crippen MR) is 77.3 cm³/mol. The average molecular weight is 239 g/mol. The molecule has 0 bridgehead atoms. The lowest BCUT2D eigenvalue weighted by atomic mass is 9.67. The second kappa shape index (κ2) is 6.78. The standard InChI is InChI=1S/C16H33N/c1-6-14-7-9-15(10-8-14)16(4,5)11-12-17-13(2)3/h13-15,17H,6-12H2,1-5H3. The van der Waals surface area contributed by atoms with Crippen molar-refractivity contribution in [3.05, 3.63) is 0 Å². The van der Waals surface area contributed by atoms with Crippen molar-refractivity contribution in [3.63, 3.8) is 0 Å². The summed E-state index contributed by atoms with van der Waals surface area (Å²) in [7, 11) is 0. The van der Waals surface area contributed by atoms with E-state index in [9.17, 15) is 0 Å². The van der Waals surface area contributed by atoms with Gasteiger partial charge < -0.3 is 5.32 Å². The van der Waals surface area contributed by atoms with Crippen LogP contribution in [0, 0.1) is 17.3 Å². The van der Waals surface area contributed by atoms with Crippen molar-refractivity contribution in [1.82, 2.24) is 5.32 Å². The van der Waals surface area contributed by atoms with E-state index in [-0.39, 0.29) is 0 Å². The second-order valence-electron chi connectivity index (χ2n) is 6.97. The van der Waals surface area contributed by atoms with Crippen molar-refractivity contribution in [3.8, 4) is 0 Å². The fourth-order valence-corrected chi connectivity index (χ4v) is 3.24. The van der Waals surface area contributed by atoms with E-state index in [1.54, 1.807) is 0 Å². The van der Waals surface area contributed by atoms with Crippen LogP contribution in [0.5, 0.6) is 0 Å². The molecule has 0 unspecified atom stereocenters. The fraction of sp³-hybridized carbons (Fsp3) is 1.00. The van der Waals surface area contributed by atoms with Crippen LogP contribution in [0.3, 0.4) is 0 Å². The Morgan fingerprint density at radius 2 is 1.71 bits per heavy atom. The van der Waals surface area contributed by atoms with Gasteiger partial charge in [-0.3, -0.25) is 0 Å². The minimum Gasteiger partial charge on any atom is -0.315 e. The van der Waals surface area contributed by atoms with Gasteiger partial charge in [0.05, 0.1) is 0 Å². The topological polar surface area (TPSA) is 12.0 Å². The third-order valence-electron chi connectivity index (χ3n) is 4.85. The monoisotopic (exact) mass is 239 g/mol. The van der Waals surface area contributed by atoms with Gasteiger partial charge in [0.25, 0.3) is 0 Å². The first-order chi connectivity index (χ1) is 7.95. The quantitative estimate of drug-likeness (QED) is 0.713. The van der Waals surface area contributed by atoms with Crippen molar-refractivity contribution in [2.75, 3.05) is 6.54 Å². The van der Waals surface area contributed by atoms with E-state index >= 15 is 0 Å². The highest BCUT2D eigenvalue weighted by atomic mass is 14.9. The Kier molecular flexibility index (Phi) is 5.99. The summed E-state index contributed by atoms with van der Waals surface area (Å²) in [6, 6.07) is 0.627. The van der Waals surface area contributed by atoms with Crippen LogP contribution in [-0.4, -0.2) is 12.6 Å². The number of nitrogens with one attached hydrogen (secondary N) is 1. The highest BCUT2D eigenvalue weighted by Gasteiger charge is 2.32. The molecule has 1 N–H and O–H groups in total. The molecule has 102 valence electrons. The molecule has 1 heteroatoms. The molecule has 0 heterocycles. The molecule has 0 aromatic rings. The van der Waals surface area contributed by atoms with E-state index in [2.05, 4.69) is 39.9 Å². The summed E-state index contributed by atoms with van der Waals surface area (Å²) in [5, 5.41) is 3.56. The molecule has 1 rings (SSSR count). The lowest BCUT2D eigenvalue weighted by Crippen LogP contribution is -2.33. The van der Waals surface area contributed by atoms with Crippen LogP contribution in [0.1, 0.15) is 73.1 Å². The van der Waals surface area contributed by atoms with Crippen LogP contribution in [0.4, 0.5) is 0 Å². The smallest absolute Gasteiger partial charge is 0.00103 e. The van der Waals surface area contributed by atoms with Gasteiger partial charge in [-0.05, 0) is 43.1 Å². The zero-order valence-corrected chi connectivity index (χ0v) is 12.7. The van der Waals surface area contributed by atoms with Crippen LogP contribution in [0.25, 0.3) is 0 Å². The second-order valence-corrected chi connectivity index (χ2v) is 6.97. The van der Waals surface area contributed by atoms with Crippen LogP contribution < -0.4 is 5.32 Å². The minimum absolute atomic E-state index is 0.528. The molecule has 1 saturated carbocycles. The van der Waals surface area contributed by atoms with E-state index in [0.29, 0.717) is 11.5 Å². The van der Waals surface area contributed by atoms with E-state index in [0.717, 1.165) is 11.8 Å². The summed E-state index contributed by atoms with van der Waals surface area (Å²) in [6.45, 7) is 13.0. The van der Waals surface area contributed by atoms with Crippen molar-refractivity contribution in [1.29, 1.82) is 0 Å². The summed E-state index contributed by atoms with van der Waals surface area (Å²) in [6.07, 6.45) is 8.60. The molecule has 0 atom stereocenters. The Morgan fingerprint density at radius 3 is 2.18 bits per heavy atom. The molecule has 0 amide bonds. The molecule has 1 aliphatic rings. The van der Waals surface area contributed by atoms with E-state index < -0.39 is 0 Å². The fourth-order valence-electron chi connectivity index (χ4n) is 3.24. The summed E-state index contributed by atoms with van der Waals surface area (Å²) in [5.41, 5.74) is 0.528. The lowest BCUT2D eigenvalue weighted by molar-refractivity contribution is 0.121. The average Bonchev–Trinajstić information content (AvgIpc) is 2.28. The molecule has 17 heavy (non-hydrogen) atoms. The van der Waals surface area contributed by atoms with E-state index in [4.69, 9.17) is 0 Å². The van der Waals surface area contributed by atoms with Gasteiger partial charge in [0.1, 0.15) is 0 Å². The maximum atomic E-state index is 3.56. The highest BCUT2D eigenvalue weighted by molar-refractivity contribution is 4.83. The first-order valence-corrected chi connectivity index (χ1v) is 7.69. The van der Waals surface area contributed by atoms with Gasteiger partial charge in [0.15, 0.2) is 0 Å². The van der Waals surface area contributed by atoms with Crippen LogP contribution >= 0.6 is 0 Å². The molecule has 1 fully saturated rings. The van der Waals surface area contributed by atoms with E-state index in [1.165, 1.54) is 45.1 Å². The van der Waals surface area contributed by atoms with E-state index in [1.807, 2.05) is 0 Å². The van der Waals surface area contributed by atoms with Gasteiger partial charge in [0.2, 0.25) is 0 Å². The lowest BCUT2D eigenvalue weighted by Gasteiger charge is -2.39. The molecule has 0 saturated heterocycles. The summed E-state index contributed by atoms with van der Waals surface area (Å²) < 4.78 is 0. The SMILES string of the molecule is CCC1CCC(C(C)(C)CCNC(C)C)CC1. The number of rotatable bonds is 6. The van der Waals surface area contributed by atoms with Crippen LogP contribution in [0.2, 0.25) is 0 Å². The highest BCUT2D eigenvalue weighted by Crippen LogP contribution is 2.42. The van der Waals surface area contributed by atoms with Crippen molar-refractivity contribution in [2.45, 2.75) is 79.2 Å². The first-order valence-electron chi connectivity index (χ1n) is 7.69. The van der Waals surface area contributed by atoms with Crippen molar-refractivity contribution in [2.24, 2.45) is 17.3 Å². The third kappa shape index (κ3) is 4.99. The molecular formula is C16H33N. The molecule has 0 radical (unpaired) electrons. The maximum Gasteiger partial charge on any atom is 0.00103 e. The first kappa shape index (κ1) is 15.0. The van der Waals surface area contributed by atoms with Gasteiger partial charge in [-0.25, -0.2) is 0 Å². The molecule has 1 aliphatic carbocycles. The Labute approximate surface area is 109 Å². The third-order valence-corrected chi connectivity index (χ3v) is 4.85. The van der Waals surface area contributed by atoms with Crippen molar-refractivity contribution < 1.29 is 0 Å². The number of hydrogen-bond donors (Lipinski definition) is 1. The van der Waals surface area contributed by atoms with Crippen molar-refractivity contribution >= 4 is 0 Å². The number of hydrogen-bond acceptors (Lipinski definition) is 1. The summed E-state index contributed by atoms with van der Waals surface area (Å²) >= 11 is 0. The Bertz CT molecular complexity index is 200. The predicted octanol–water partition coefficient (Wildman–Crippen LogP) is 4.62. The molecule has 0 aliphatic heterocycles. The minimum atomic E-state index is 0.528.